The monoisotopic (exact) mass is 312 g/mol. The molecule has 114 valence electrons. The summed E-state index contributed by atoms with van der Waals surface area (Å²) in [6.45, 7) is 0. The molecule has 0 saturated carbocycles. The Hall–Kier alpha value is -3.70. The topological polar surface area (TPSA) is 86.1 Å². The molecule has 2 aromatic carbocycles. The van der Waals surface area contributed by atoms with Gasteiger partial charge in [-0.05, 0) is 17.7 Å². The van der Waals surface area contributed by atoms with Gasteiger partial charge in [0.25, 0.3) is 0 Å². The zero-order valence-corrected chi connectivity index (χ0v) is 12.6. The zero-order chi connectivity index (χ0) is 16.7. The van der Waals surface area contributed by atoms with Gasteiger partial charge in [-0.25, -0.2) is 0 Å². The summed E-state index contributed by atoms with van der Waals surface area (Å²) in [6, 6.07) is 20.9. The van der Waals surface area contributed by atoms with Crippen molar-refractivity contribution in [2.24, 2.45) is 5.73 Å². The number of hydrogen-bond acceptors (Lipinski definition) is 5. The molecule has 0 bridgehead atoms. The number of rotatable bonds is 1. The highest BCUT2D eigenvalue weighted by Crippen LogP contribution is 2.50. The highest BCUT2D eigenvalue weighted by Gasteiger charge is 2.42. The van der Waals surface area contributed by atoms with Crippen LogP contribution in [0.25, 0.3) is 0 Å². The Balaban J connectivity index is 2.02. The Kier molecular flexibility index (Phi) is 3.01. The predicted molar refractivity (Wildman–Crippen MR) is 88.2 cm³/mol. The Labute approximate surface area is 139 Å². The summed E-state index contributed by atoms with van der Waals surface area (Å²) in [5.41, 5.74) is 8.57. The molecule has 1 atom stereocenters. The zero-order valence-electron chi connectivity index (χ0n) is 12.6. The third-order valence-electron chi connectivity index (χ3n) is 4.20. The lowest BCUT2D eigenvalue weighted by atomic mass is 9.91. The van der Waals surface area contributed by atoms with E-state index < -0.39 is 6.04 Å². The van der Waals surface area contributed by atoms with Gasteiger partial charge < -0.3 is 10.5 Å². The van der Waals surface area contributed by atoms with E-state index >= 15 is 0 Å². The standard InChI is InChI=1S/C19H12N4O/c20-10-13-17(22)14(11-21)19-23(15-8-4-5-9-16(15)24-19)18(13)12-6-2-1-3-7-12/h1-9,18H,22H2. The minimum atomic E-state index is -0.424. The molecule has 0 aromatic heterocycles. The van der Waals surface area contributed by atoms with Gasteiger partial charge in [-0.15, -0.1) is 0 Å². The molecule has 2 aromatic rings. The van der Waals surface area contributed by atoms with Crippen molar-refractivity contribution in [2.75, 3.05) is 4.90 Å². The van der Waals surface area contributed by atoms with Crippen molar-refractivity contribution in [2.45, 2.75) is 6.04 Å². The second kappa shape index (κ2) is 5.19. The minimum absolute atomic E-state index is 0.174. The van der Waals surface area contributed by atoms with Crippen LogP contribution in [0.15, 0.2) is 77.3 Å². The highest BCUT2D eigenvalue weighted by atomic mass is 16.5. The third-order valence-corrected chi connectivity index (χ3v) is 4.20. The molecule has 2 N–H and O–H groups in total. The predicted octanol–water partition coefficient (Wildman–Crippen LogP) is 3.11. The molecular weight excluding hydrogens is 300 g/mol. The number of anilines is 1. The molecule has 0 amide bonds. The lowest BCUT2D eigenvalue weighted by Crippen LogP contribution is -2.34. The van der Waals surface area contributed by atoms with E-state index in [9.17, 15) is 10.5 Å². The summed E-state index contributed by atoms with van der Waals surface area (Å²) >= 11 is 0. The number of nitrogens with zero attached hydrogens (tertiary/aromatic N) is 3. The van der Waals surface area contributed by atoms with E-state index in [0.717, 1.165) is 11.3 Å². The van der Waals surface area contributed by atoms with Crippen LogP contribution in [0.1, 0.15) is 11.6 Å². The van der Waals surface area contributed by atoms with Gasteiger partial charge in [0.2, 0.25) is 5.88 Å². The Bertz CT molecular complexity index is 976. The van der Waals surface area contributed by atoms with E-state index in [-0.39, 0.29) is 11.3 Å². The molecule has 2 aliphatic heterocycles. The van der Waals surface area contributed by atoms with Gasteiger partial charge in [0.15, 0.2) is 5.75 Å². The fourth-order valence-electron chi connectivity index (χ4n) is 3.14. The highest BCUT2D eigenvalue weighted by molar-refractivity contribution is 5.74. The van der Waals surface area contributed by atoms with Gasteiger partial charge in [0.1, 0.15) is 11.6 Å². The smallest absolute Gasteiger partial charge is 0.221 e. The van der Waals surface area contributed by atoms with Crippen LogP contribution in [-0.4, -0.2) is 0 Å². The fourth-order valence-corrected chi connectivity index (χ4v) is 3.14. The van der Waals surface area contributed by atoms with Crippen molar-refractivity contribution < 1.29 is 4.74 Å². The van der Waals surface area contributed by atoms with Gasteiger partial charge in [-0.3, -0.25) is 4.90 Å². The summed E-state index contributed by atoms with van der Waals surface area (Å²) < 4.78 is 5.89. The van der Waals surface area contributed by atoms with Gasteiger partial charge in [-0.2, -0.15) is 10.5 Å². The number of nitriles is 2. The van der Waals surface area contributed by atoms with Crippen molar-refractivity contribution in [3.63, 3.8) is 0 Å². The minimum Gasteiger partial charge on any atom is -0.437 e. The molecule has 0 aliphatic carbocycles. The number of allylic oxidation sites excluding steroid dienone is 1. The maximum atomic E-state index is 9.69. The van der Waals surface area contributed by atoms with Crippen LogP contribution in [0, 0.1) is 22.7 Å². The molecule has 2 heterocycles. The lowest BCUT2D eigenvalue weighted by Gasteiger charge is -2.33. The molecule has 0 radical (unpaired) electrons. The second-order valence-electron chi connectivity index (χ2n) is 5.48. The van der Waals surface area contributed by atoms with E-state index in [0.29, 0.717) is 17.2 Å². The molecule has 1 unspecified atom stereocenters. The molecule has 0 fully saturated rings. The molecular formula is C19H12N4O. The molecule has 0 saturated heterocycles. The van der Waals surface area contributed by atoms with Crippen LogP contribution in [0.4, 0.5) is 5.69 Å². The van der Waals surface area contributed by atoms with Crippen LogP contribution in [0.5, 0.6) is 5.75 Å². The van der Waals surface area contributed by atoms with Crippen LogP contribution in [-0.2, 0) is 0 Å². The first-order chi connectivity index (χ1) is 11.8. The van der Waals surface area contributed by atoms with Crippen molar-refractivity contribution in [3.05, 3.63) is 82.9 Å². The summed E-state index contributed by atoms with van der Waals surface area (Å²) in [6.07, 6.45) is 0. The third kappa shape index (κ3) is 1.79. The molecule has 4 rings (SSSR count). The average Bonchev–Trinajstić information content (AvgIpc) is 3.00. The van der Waals surface area contributed by atoms with Gasteiger partial charge >= 0.3 is 0 Å². The van der Waals surface area contributed by atoms with Crippen LogP contribution >= 0.6 is 0 Å². The van der Waals surface area contributed by atoms with Crippen molar-refractivity contribution in [1.29, 1.82) is 10.5 Å². The molecule has 24 heavy (non-hydrogen) atoms. The van der Waals surface area contributed by atoms with Crippen LogP contribution < -0.4 is 15.4 Å². The average molecular weight is 312 g/mol. The number of hydrogen-bond donors (Lipinski definition) is 1. The Morgan fingerprint density at radius 1 is 0.958 bits per heavy atom. The number of benzene rings is 2. The van der Waals surface area contributed by atoms with Crippen molar-refractivity contribution in [1.82, 2.24) is 0 Å². The number of nitrogens with two attached hydrogens (primary N) is 1. The Morgan fingerprint density at radius 3 is 2.38 bits per heavy atom. The van der Waals surface area contributed by atoms with Crippen LogP contribution in [0.3, 0.4) is 0 Å². The maximum absolute atomic E-state index is 9.69. The van der Waals surface area contributed by atoms with Gasteiger partial charge in [-0.1, -0.05) is 42.5 Å². The van der Waals surface area contributed by atoms with E-state index in [4.69, 9.17) is 10.5 Å². The molecule has 2 aliphatic rings. The SMILES string of the molecule is N#CC1=C2Oc3ccccc3N2C(c2ccccc2)C(C#N)=C1N. The summed E-state index contributed by atoms with van der Waals surface area (Å²) in [4.78, 5) is 1.87. The first-order valence-electron chi connectivity index (χ1n) is 7.41. The van der Waals surface area contributed by atoms with E-state index in [1.807, 2.05) is 59.5 Å². The summed E-state index contributed by atoms with van der Waals surface area (Å²) in [7, 11) is 0. The summed E-state index contributed by atoms with van der Waals surface area (Å²) in [5.74, 6) is 1.03. The number of fused-ring (bicyclic) bond motifs is 3. The van der Waals surface area contributed by atoms with E-state index in [1.54, 1.807) is 0 Å². The van der Waals surface area contributed by atoms with Gasteiger partial charge in [0, 0.05) is 0 Å². The summed E-state index contributed by atoms with van der Waals surface area (Å²) in [5, 5.41) is 19.2. The van der Waals surface area contributed by atoms with Crippen molar-refractivity contribution >= 4 is 5.69 Å². The maximum Gasteiger partial charge on any atom is 0.221 e. The van der Waals surface area contributed by atoms with E-state index in [2.05, 4.69) is 12.1 Å². The number of ether oxygens (including phenoxy) is 1. The molecule has 5 nitrogen and oxygen atoms in total. The van der Waals surface area contributed by atoms with Crippen LogP contribution in [0.2, 0.25) is 0 Å². The van der Waals surface area contributed by atoms with Crippen molar-refractivity contribution in [3.8, 4) is 17.9 Å². The lowest BCUT2D eigenvalue weighted by molar-refractivity contribution is 0.424. The normalized spacial score (nSPS) is 18.4. The first kappa shape index (κ1) is 13.9. The fraction of sp³-hybridized carbons (Fsp3) is 0.0526. The second-order valence-corrected chi connectivity index (χ2v) is 5.48. The van der Waals surface area contributed by atoms with Gasteiger partial charge in [0.05, 0.1) is 29.1 Å². The number of para-hydroxylation sites is 2. The largest absolute Gasteiger partial charge is 0.437 e. The first-order valence-corrected chi connectivity index (χ1v) is 7.41. The van der Waals surface area contributed by atoms with E-state index in [1.165, 1.54) is 0 Å². The quantitative estimate of drug-likeness (QED) is 0.874. The molecule has 5 heteroatoms. The molecule has 0 spiro atoms. The Morgan fingerprint density at radius 2 is 1.67 bits per heavy atom.